The van der Waals surface area contributed by atoms with Crippen LogP contribution >= 0.6 is 0 Å². The lowest BCUT2D eigenvalue weighted by atomic mass is 10.2. The van der Waals surface area contributed by atoms with Gasteiger partial charge in [0.05, 0.1) is 17.1 Å². The standard InChI is InChI=1S/C24H25FN2O5S/c1-17-3-9-21(10-4-17)27(33(30,31)24-13-5-19(25)6-14-24)15-22(29)16-32-23-11-7-20(8-12-23)26-18(2)28/h3-14,22,29H,15-16H2,1-2H3,(H,26,28). The molecular weight excluding hydrogens is 447 g/mol. The number of hydrogen-bond acceptors (Lipinski definition) is 5. The molecule has 2 N–H and O–H groups in total. The Hall–Kier alpha value is -3.43. The third kappa shape index (κ3) is 6.53. The van der Waals surface area contributed by atoms with Gasteiger partial charge in [0.1, 0.15) is 24.3 Å². The predicted octanol–water partition coefficient (Wildman–Crippen LogP) is 3.73. The number of nitrogens with zero attached hydrogens (tertiary/aromatic N) is 1. The molecule has 7 nitrogen and oxygen atoms in total. The van der Waals surface area contributed by atoms with Crippen LogP contribution in [0.15, 0.2) is 77.7 Å². The van der Waals surface area contributed by atoms with Gasteiger partial charge in [0.2, 0.25) is 5.91 Å². The zero-order valence-corrected chi connectivity index (χ0v) is 19.0. The minimum absolute atomic E-state index is 0.0915. The van der Waals surface area contributed by atoms with Crippen LogP contribution in [0.1, 0.15) is 12.5 Å². The number of halogens is 1. The Morgan fingerprint density at radius 1 is 1.03 bits per heavy atom. The van der Waals surface area contributed by atoms with Gasteiger partial charge in [-0.1, -0.05) is 17.7 Å². The van der Waals surface area contributed by atoms with Crippen molar-refractivity contribution in [2.24, 2.45) is 0 Å². The number of sulfonamides is 1. The number of hydrogen-bond donors (Lipinski definition) is 2. The summed E-state index contributed by atoms with van der Waals surface area (Å²) >= 11 is 0. The van der Waals surface area contributed by atoms with E-state index in [9.17, 15) is 22.7 Å². The van der Waals surface area contributed by atoms with E-state index in [1.54, 1.807) is 48.5 Å². The van der Waals surface area contributed by atoms with E-state index in [-0.39, 0.29) is 24.0 Å². The lowest BCUT2D eigenvalue weighted by Crippen LogP contribution is -2.39. The lowest BCUT2D eigenvalue weighted by molar-refractivity contribution is -0.114. The number of nitrogens with one attached hydrogen (secondary N) is 1. The van der Waals surface area contributed by atoms with Crippen LogP contribution in [0.5, 0.6) is 5.75 Å². The van der Waals surface area contributed by atoms with Crippen LogP contribution in [0, 0.1) is 12.7 Å². The molecule has 3 aromatic rings. The first kappa shape index (κ1) is 24.2. The van der Waals surface area contributed by atoms with Crippen molar-refractivity contribution >= 4 is 27.3 Å². The molecule has 1 amide bonds. The molecule has 174 valence electrons. The SMILES string of the molecule is CC(=O)Nc1ccc(OCC(O)CN(c2ccc(C)cc2)S(=O)(=O)c2ccc(F)cc2)cc1. The summed E-state index contributed by atoms with van der Waals surface area (Å²) in [5.74, 6) is -0.294. The number of aliphatic hydroxyl groups is 1. The summed E-state index contributed by atoms with van der Waals surface area (Å²) < 4.78 is 46.5. The Balaban J connectivity index is 1.76. The number of carbonyl (C=O) groups is 1. The number of aryl methyl sites for hydroxylation is 1. The summed E-state index contributed by atoms with van der Waals surface area (Å²) in [4.78, 5) is 11.0. The number of benzene rings is 3. The van der Waals surface area contributed by atoms with E-state index in [0.29, 0.717) is 17.1 Å². The molecule has 0 radical (unpaired) electrons. The van der Waals surface area contributed by atoms with Crippen molar-refractivity contribution < 1.29 is 27.4 Å². The van der Waals surface area contributed by atoms with Gasteiger partial charge in [-0.15, -0.1) is 0 Å². The number of rotatable bonds is 9. The zero-order chi connectivity index (χ0) is 24.0. The Labute approximate surface area is 192 Å². The van der Waals surface area contributed by atoms with Crippen LogP contribution < -0.4 is 14.4 Å². The molecule has 0 fully saturated rings. The van der Waals surface area contributed by atoms with Crippen LogP contribution in [0.3, 0.4) is 0 Å². The highest BCUT2D eigenvalue weighted by Crippen LogP contribution is 2.25. The van der Waals surface area contributed by atoms with Crippen molar-refractivity contribution in [2.45, 2.75) is 24.8 Å². The Morgan fingerprint density at radius 3 is 2.21 bits per heavy atom. The molecule has 0 aliphatic heterocycles. The van der Waals surface area contributed by atoms with Crippen LogP contribution in [0.25, 0.3) is 0 Å². The fourth-order valence-electron chi connectivity index (χ4n) is 3.06. The van der Waals surface area contributed by atoms with Crippen molar-refractivity contribution in [3.63, 3.8) is 0 Å². The van der Waals surface area contributed by atoms with E-state index in [0.717, 1.165) is 22.0 Å². The van der Waals surface area contributed by atoms with Gasteiger partial charge in [0, 0.05) is 12.6 Å². The van der Waals surface area contributed by atoms with Gasteiger partial charge in [-0.05, 0) is 67.6 Å². The Morgan fingerprint density at radius 2 is 1.64 bits per heavy atom. The van der Waals surface area contributed by atoms with Crippen molar-refractivity contribution in [3.05, 3.63) is 84.2 Å². The van der Waals surface area contributed by atoms with E-state index in [2.05, 4.69) is 5.32 Å². The van der Waals surface area contributed by atoms with Gasteiger partial charge < -0.3 is 15.2 Å². The van der Waals surface area contributed by atoms with E-state index in [1.807, 2.05) is 6.92 Å². The van der Waals surface area contributed by atoms with Gasteiger partial charge in [0.25, 0.3) is 10.0 Å². The molecule has 9 heteroatoms. The third-order valence-corrected chi connectivity index (χ3v) is 6.53. The predicted molar refractivity (Wildman–Crippen MR) is 124 cm³/mol. The molecule has 0 heterocycles. The molecule has 0 aliphatic carbocycles. The second-order valence-electron chi connectivity index (χ2n) is 7.50. The van der Waals surface area contributed by atoms with Crippen LogP contribution in [0.2, 0.25) is 0 Å². The maximum Gasteiger partial charge on any atom is 0.264 e. The molecule has 0 bridgehead atoms. The van der Waals surface area contributed by atoms with Crippen LogP contribution in [-0.2, 0) is 14.8 Å². The molecule has 0 aliphatic rings. The van der Waals surface area contributed by atoms with Gasteiger partial charge in [0.15, 0.2) is 0 Å². The highest BCUT2D eigenvalue weighted by molar-refractivity contribution is 7.92. The Bertz CT molecular complexity index is 1180. The molecule has 1 atom stereocenters. The highest BCUT2D eigenvalue weighted by atomic mass is 32.2. The van der Waals surface area contributed by atoms with Crippen molar-refractivity contribution in [2.75, 3.05) is 22.8 Å². The molecule has 1 unspecified atom stereocenters. The molecule has 3 rings (SSSR count). The average molecular weight is 473 g/mol. The quantitative estimate of drug-likeness (QED) is 0.495. The average Bonchev–Trinajstić information content (AvgIpc) is 2.77. The van der Waals surface area contributed by atoms with Crippen molar-refractivity contribution in [1.29, 1.82) is 0 Å². The van der Waals surface area contributed by atoms with Crippen molar-refractivity contribution in [3.8, 4) is 5.75 Å². The minimum atomic E-state index is -4.07. The summed E-state index contributed by atoms with van der Waals surface area (Å²) in [5.41, 5.74) is 1.92. The molecule has 3 aromatic carbocycles. The summed E-state index contributed by atoms with van der Waals surface area (Å²) in [6.45, 7) is 2.84. The van der Waals surface area contributed by atoms with E-state index in [1.165, 1.54) is 19.1 Å². The van der Waals surface area contributed by atoms with E-state index < -0.39 is 21.9 Å². The Kier molecular flexibility index (Phi) is 7.67. The van der Waals surface area contributed by atoms with Crippen LogP contribution in [-0.4, -0.2) is 38.7 Å². The lowest BCUT2D eigenvalue weighted by Gasteiger charge is -2.27. The number of ether oxygens (including phenoxy) is 1. The number of carbonyl (C=O) groups excluding carboxylic acids is 1. The van der Waals surface area contributed by atoms with Crippen molar-refractivity contribution in [1.82, 2.24) is 0 Å². The first-order chi connectivity index (χ1) is 15.6. The fraction of sp³-hybridized carbons (Fsp3) is 0.208. The van der Waals surface area contributed by atoms with Gasteiger partial charge in [-0.25, -0.2) is 12.8 Å². The van der Waals surface area contributed by atoms with Gasteiger partial charge in [-0.3, -0.25) is 9.10 Å². The summed E-state index contributed by atoms with van der Waals surface area (Å²) in [5, 5.41) is 13.2. The smallest absolute Gasteiger partial charge is 0.264 e. The fourth-order valence-corrected chi connectivity index (χ4v) is 4.56. The maximum absolute atomic E-state index is 13.3. The maximum atomic E-state index is 13.3. The van der Waals surface area contributed by atoms with E-state index in [4.69, 9.17) is 4.74 Å². The molecular formula is C24H25FN2O5S. The number of anilines is 2. The normalized spacial score (nSPS) is 12.1. The summed E-state index contributed by atoms with van der Waals surface area (Å²) in [6, 6.07) is 17.9. The second kappa shape index (κ2) is 10.5. The topological polar surface area (TPSA) is 95.9 Å². The molecule has 33 heavy (non-hydrogen) atoms. The monoisotopic (exact) mass is 472 g/mol. The number of aliphatic hydroxyl groups excluding tert-OH is 1. The summed E-state index contributed by atoms with van der Waals surface area (Å²) in [7, 11) is -4.07. The second-order valence-corrected chi connectivity index (χ2v) is 9.36. The van der Waals surface area contributed by atoms with Gasteiger partial charge in [-0.2, -0.15) is 0 Å². The molecule has 0 spiro atoms. The zero-order valence-electron chi connectivity index (χ0n) is 18.2. The molecule has 0 saturated carbocycles. The molecule has 0 aromatic heterocycles. The van der Waals surface area contributed by atoms with Crippen LogP contribution in [0.4, 0.5) is 15.8 Å². The minimum Gasteiger partial charge on any atom is -0.491 e. The largest absolute Gasteiger partial charge is 0.491 e. The number of amides is 1. The third-order valence-electron chi connectivity index (χ3n) is 4.72. The van der Waals surface area contributed by atoms with Gasteiger partial charge >= 0.3 is 0 Å². The first-order valence-corrected chi connectivity index (χ1v) is 11.6. The summed E-state index contributed by atoms with van der Waals surface area (Å²) in [6.07, 6.45) is -1.16. The van der Waals surface area contributed by atoms with E-state index >= 15 is 0 Å². The molecule has 0 saturated heterocycles. The highest BCUT2D eigenvalue weighted by Gasteiger charge is 2.27. The first-order valence-electron chi connectivity index (χ1n) is 10.2.